The number of piperidine rings is 1. The number of hydrogen-bond donors (Lipinski definition) is 3. The molecule has 2 heterocycles. The number of nitrogens with zero attached hydrogens (tertiary/aromatic N) is 2. The highest BCUT2D eigenvalue weighted by Gasteiger charge is 2.70. The molecule has 3 N–H and O–H groups in total. The van der Waals surface area contributed by atoms with E-state index in [0.29, 0.717) is 25.7 Å². The van der Waals surface area contributed by atoms with E-state index in [9.17, 15) is 19.8 Å². The summed E-state index contributed by atoms with van der Waals surface area (Å²) in [5, 5.41) is 26.1. The van der Waals surface area contributed by atoms with Gasteiger partial charge in [-0.15, -0.1) is 0 Å². The molecule has 2 bridgehead atoms. The van der Waals surface area contributed by atoms with Gasteiger partial charge in [-0.1, -0.05) is 35.9 Å². The Morgan fingerprint density at radius 2 is 1.84 bits per heavy atom. The lowest BCUT2D eigenvalue weighted by Gasteiger charge is -2.65. The lowest BCUT2D eigenvalue weighted by atomic mass is 9.46. The van der Waals surface area contributed by atoms with Crippen LogP contribution in [0.1, 0.15) is 60.8 Å². The number of phenolic OH excluding ortho intramolecular Hbond substituents is 1. The number of aromatic hydroxyl groups is 1. The number of aliphatic hydroxyl groups is 1. The average molecular weight is 502 g/mol. The highest BCUT2D eigenvalue weighted by atomic mass is 16.3. The molecule has 7 nitrogen and oxygen atoms in total. The van der Waals surface area contributed by atoms with Crippen LogP contribution >= 0.6 is 0 Å². The molecule has 2 aliphatic heterocycles. The van der Waals surface area contributed by atoms with Crippen molar-refractivity contribution in [2.75, 3.05) is 13.1 Å². The Balaban J connectivity index is 1.27. The van der Waals surface area contributed by atoms with E-state index >= 15 is 0 Å². The molecule has 0 aromatic heterocycles. The quantitative estimate of drug-likeness (QED) is 0.559. The largest absolute Gasteiger partial charge is 0.508 e. The van der Waals surface area contributed by atoms with Gasteiger partial charge < -0.3 is 15.5 Å². The summed E-state index contributed by atoms with van der Waals surface area (Å²) in [4.78, 5) is 31.0. The van der Waals surface area contributed by atoms with Gasteiger partial charge in [0, 0.05) is 18.0 Å². The Hall–Kier alpha value is -2.90. The van der Waals surface area contributed by atoms with Crippen LogP contribution in [0.4, 0.5) is 4.79 Å². The van der Waals surface area contributed by atoms with Crippen molar-refractivity contribution < 1.29 is 19.8 Å². The fourth-order valence-corrected chi connectivity index (χ4v) is 7.98. The first-order valence-electron chi connectivity index (χ1n) is 13.7. The van der Waals surface area contributed by atoms with Crippen molar-refractivity contribution in [3.8, 4) is 5.75 Å². The second-order valence-corrected chi connectivity index (χ2v) is 12.3. The van der Waals surface area contributed by atoms with Crippen molar-refractivity contribution in [3.63, 3.8) is 0 Å². The normalized spacial score (nSPS) is 34.9. The van der Waals surface area contributed by atoms with Gasteiger partial charge >= 0.3 is 6.03 Å². The number of aryl methyl sites for hydroxylation is 1. The topological polar surface area (TPSA) is 93.1 Å². The summed E-state index contributed by atoms with van der Waals surface area (Å²) >= 11 is 0. The fourth-order valence-electron chi connectivity index (χ4n) is 7.98. The van der Waals surface area contributed by atoms with Gasteiger partial charge in [-0.3, -0.25) is 14.6 Å². The van der Waals surface area contributed by atoms with Crippen molar-refractivity contribution in [1.29, 1.82) is 0 Å². The molecule has 4 atom stereocenters. The molecule has 2 saturated heterocycles. The summed E-state index contributed by atoms with van der Waals surface area (Å²) in [5.74, 6) is 0.703. The van der Waals surface area contributed by atoms with E-state index in [0.717, 1.165) is 47.7 Å². The van der Waals surface area contributed by atoms with Gasteiger partial charge in [0.1, 0.15) is 11.3 Å². The minimum atomic E-state index is -1.04. The third-order valence-electron chi connectivity index (χ3n) is 10.1. The molecule has 7 rings (SSSR count). The average Bonchev–Trinajstić information content (AvgIpc) is 3.66. The number of amides is 3. The maximum absolute atomic E-state index is 14.0. The summed E-state index contributed by atoms with van der Waals surface area (Å²) in [5.41, 5.74) is 1.38. The Morgan fingerprint density at radius 3 is 2.59 bits per heavy atom. The Labute approximate surface area is 217 Å². The van der Waals surface area contributed by atoms with Crippen LogP contribution in [0.3, 0.4) is 0 Å². The van der Waals surface area contributed by atoms with Crippen LogP contribution < -0.4 is 5.32 Å². The zero-order valence-electron chi connectivity index (χ0n) is 21.4. The van der Waals surface area contributed by atoms with Gasteiger partial charge in [0.25, 0.3) is 5.91 Å². The zero-order chi connectivity index (χ0) is 25.6. The zero-order valence-corrected chi connectivity index (χ0v) is 21.4. The van der Waals surface area contributed by atoms with E-state index < -0.39 is 16.6 Å². The Morgan fingerprint density at radius 1 is 1.05 bits per heavy atom. The highest BCUT2D eigenvalue weighted by Crippen LogP contribution is 2.61. The van der Waals surface area contributed by atoms with Crippen molar-refractivity contribution in [2.45, 2.75) is 81.0 Å². The number of urea groups is 1. The molecule has 2 aromatic carbocycles. The van der Waals surface area contributed by atoms with Gasteiger partial charge in [0.05, 0.1) is 12.1 Å². The number of imide groups is 1. The Bertz CT molecular complexity index is 1290. The number of nitrogens with one attached hydrogen (secondary N) is 1. The molecule has 1 spiro atoms. The van der Waals surface area contributed by atoms with Crippen molar-refractivity contribution in [3.05, 3.63) is 64.7 Å². The van der Waals surface area contributed by atoms with Gasteiger partial charge in [-0.05, 0) is 93.2 Å². The molecule has 0 radical (unpaired) electrons. The molecule has 194 valence electrons. The summed E-state index contributed by atoms with van der Waals surface area (Å²) < 4.78 is 0. The van der Waals surface area contributed by atoms with E-state index in [-0.39, 0.29) is 30.3 Å². The number of carbonyl (C=O) groups excluding carboxylic acids is 2. The Kier molecular flexibility index (Phi) is 4.90. The lowest BCUT2D eigenvalue weighted by Crippen LogP contribution is -2.76. The van der Waals surface area contributed by atoms with Gasteiger partial charge in [-0.25, -0.2) is 4.79 Å². The maximum atomic E-state index is 14.0. The van der Waals surface area contributed by atoms with Crippen molar-refractivity contribution >= 4 is 11.9 Å². The fraction of sp³-hybridized carbons (Fsp3) is 0.533. The summed E-state index contributed by atoms with van der Waals surface area (Å²) in [6, 6.07) is 13.0. The van der Waals surface area contributed by atoms with E-state index in [1.54, 1.807) is 12.1 Å². The molecular weight excluding hydrogens is 466 g/mol. The van der Waals surface area contributed by atoms with Gasteiger partial charge in [0.15, 0.2) is 0 Å². The predicted molar refractivity (Wildman–Crippen MR) is 138 cm³/mol. The second kappa shape index (κ2) is 7.81. The lowest BCUT2D eigenvalue weighted by molar-refractivity contribution is -0.181. The first-order chi connectivity index (χ1) is 17.7. The number of likely N-dealkylation sites (tertiary alicyclic amines) is 1. The van der Waals surface area contributed by atoms with Crippen LogP contribution in [0.15, 0.2) is 42.5 Å². The van der Waals surface area contributed by atoms with Crippen LogP contribution in [0, 0.1) is 12.8 Å². The van der Waals surface area contributed by atoms with Crippen molar-refractivity contribution in [2.24, 2.45) is 5.92 Å². The number of carbonyl (C=O) groups is 2. The number of fused-ring (bicyclic) bond motifs is 1. The second-order valence-electron chi connectivity index (χ2n) is 12.3. The van der Waals surface area contributed by atoms with E-state index in [1.165, 1.54) is 17.7 Å². The molecule has 7 heteroatoms. The monoisotopic (exact) mass is 501 g/mol. The third-order valence-corrected chi connectivity index (χ3v) is 10.1. The SMILES string of the molecule is Cc1ccc(CN2C(=O)N[C@]3(CC[C@@]4(O)[C@H]5Cc6ccc(O)cc6[C@@]4(CCN5CC4CC4)C3)C2=O)cc1. The van der Waals surface area contributed by atoms with Crippen molar-refractivity contribution in [1.82, 2.24) is 15.1 Å². The molecule has 37 heavy (non-hydrogen) atoms. The number of benzene rings is 2. The molecule has 3 aliphatic carbocycles. The molecule has 2 saturated carbocycles. The standard InChI is InChI=1S/C30H35N3O4/c1-19-2-4-21(5-3-19)17-33-26(35)29(31-27(33)36)10-11-30(37)25-14-22-8-9-23(34)15-24(22)28(30,18-29)12-13-32(25)16-20-6-7-20/h2-5,8-9,15,20,25,34,37H,6-7,10-14,16-18H2,1H3,(H,31,36)/t25-,28-,29+,30-/m1/s1. The van der Waals surface area contributed by atoms with Crippen LogP contribution in [-0.4, -0.2) is 62.2 Å². The first-order valence-corrected chi connectivity index (χ1v) is 13.7. The maximum Gasteiger partial charge on any atom is 0.325 e. The first kappa shape index (κ1) is 23.2. The molecule has 5 aliphatic rings. The number of rotatable bonds is 4. The number of hydrogen-bond acceptors (Lipinski definition) is 5. The summed E-state index contributed by atoms with van der Waals surface area (Å²) in [6.07, 6.45) is 5.19. The predicted octanol–water partition coefficient (Wildman–Crippen LogP) is 3.38. The summed E-state index contributed by atoms with van der Waals surface area (Å²) in [6.45, 7) is 4.11. The third kappa shape index (κ3) is 3.33. The van der Waals surface area contributed by atoms with Gasteiger partial charge in [-0.2, -0.15) is 0 Å². The molecular formula is C30H35N3O4. The van der Waals surface area contributed by atoms with Crippen LogP contribution in [-0.2, 0) is 23.2 Å². The highest BCUT2D eigenvalue weighted by molar-refractivity contribution is 6.07. The van der Waals surface area contributed by atoms with Crippen LogP contribution in [0.2, 0.25) is 0 Å². The summed E-state index contributed by atoms with van der Waals surface area (Å²) in [7, 11) is 0. The van der Waals surface area contributed by atoms with E-state index in [4.69, 9.17) is 0 Å². The van der Waals surface area contributed by atoms with E-state index in [2.05, 4.69) is 10.2 Å². The number of phenols is 1. The molecule has 2 aromatic rings. The molecule has 0 unspecified atom stereocenters. The smallest absolute Gasteiger partial charge is 0.325 e. The minimum absolute atomic E-state index is 0.0212. The van der Waals surface area contributed by atoms with Crippen LogP contribution in [0.25, 0.3) is 0 Å². The molecule has 3 amide bonds. The van der Waals surface area contributed by atoms with Crippen LogP contribution in [0.5, 0.6) is 5.75 Å². The minimum Gasteiger partial charge on any atom is -0.508 e. The van der Waals surface area contributed by atoms with Gasteiger partial charge in [0.2, 0.25) is 0 Å². The molecule has 4 fully saturated rings. The van der Waals surface area contributed by atoms with E-state index in [1.807, 2.05) is 37.3 Å².